The van der Waals surface area contributed by atoms with E-state index in [2.05, 4.69) is 4.98 Å². The van der Waals surface area contributed by atoms with Gasteiger partial charge in [-0.15, -0.1) is 0 Å². The Hall–Kier alpha value is -2.12. The number of aromatic nitrogens is 1. The number of rotatable bonds is 4. The summed E-state index contributed by atoms with van der Waals surface area (Å²) in [7, 11) is -1.96. The first kappa shape index (κ1) is 15.3. The Morgan fingerprint density at radius 2 is 2.00 bits per heavy atom. The van der Waals surface area contributed by atoms with Gasteiger partial charge in [0.1, 0.15) is 0 Å². The van der Waals surface area contributed by atoms with Crippen LogP contribution in [-0.2, 0) is 16.6 Å². The van der Waals surface area contributed by atoms with Crippen molar-refractivity contribution in [2.45, 2.75) is 18.4 Å². The average Bonchev–Trinajstić information content (AvgIpc) is 2.40. The van der Waals surface area contributed by atoms with Crippen LogP contribution < -0.4 is 15.8 Å². The van der Waals surface area contributed by atoms with Gasteiger partial charge < -0.3 is 10.6 Å². The van der Waals surface area contributed by atoms with Gasteiger partial charge in [0.25, 0.3) is 0 Å². The number of sulfonamides is 1. The normalized spacial score (nSPS) is 11.4. The molecule has 0 unspecified atom stereocenters. The summed E-state index contributed by atoms with van der Waals surface area (Å²) in [4.78, 5) is 6.19. The minimum absolute atomic E-state index is 0.0466. The first-order valence-electron chi connectivity index (χ1n) is 6.33. The molecule has 0 saturated heterocycles. The highest BCUT2D eigenvalue weighted by Crippen LogP contribution is 2.29. The molecule has 1 aromatic carbocycles. The van der Waals surface area contributed by atoms with Crippen LogP contribution >= 0.6 is 0 Å². The summed E-state index contributed by atoms with van der Waals surface area (Å²) in [6.45, 7) is 2.25. The second-order valence-electron chi connectivity index (χ2n) is 4.89. The average molecular weight is 306 g/mol. The van der Waals surface area contributed by atoms with E-state index in [1.807, 2.05) is 30.1 Å². The molecule has 2 rings (SSSR count). The van der Waals surface area contributed by atoms with E-state index in [9.17, 15) is 8.42 Å². The van der Waals surface area contributed by atoms with Crippen LogP contribution in [0.4, 0.5) is 11.4 Å². The van der Waals surface area contributed by atoms with Gasteiger partial charge in [0, 0.05) is 24.6 Å². The quantitative estimate of drug-likeness (QED) is 0.828. The Bertz CT molecular complexity index is 745. The molecular formula is C14H18N4O2S. The lowest BCUT2D eigenvalue weighted by Crippen LogP contribution is -2.21. The molecule has 0 bridgehead atoms. The Balaban J connectivity index is 2.42. The van der Waals surface area contributed by atoms with Gasteiger partial charge in [0.2, 0.25) is 10.0 Å². The topological polar surface area (TPSA) is 102 Å². The molecule has 0 amide bonds. The van der Waals surface area contributed by atoms with E-state index >= 15 is 0 Å². The first-order chi connectivity index (χ1) is 9.79. The highest BCUT2D eigenvalue weighted by molar-refractivity contribution is 7.89. The van der Waals surface area contributed by atoms with Crippen LogP contribution in [0.25, 0.3) is 0 Å². The largest absolute Gasteiger partial charge is 0.399 e. The van der Waals surface area contributed by atoms with E-state index in [1.54, 1.807) is 19.2 Å². The van der Waals surface area contributed by atoms with E-state index < -0.39 is 10.0 Å². The highest BCUT2D eigenvalue weighted by Gasteiger charge is 2.17. The number of hydrogen-bond donors (Lipinski definition) is 2. The monoisotopic (exact) mass is 306 g/mol. The summed E-state index contributed by atoms with van der Waals surface area (Å²) in [6.07, 6.45) is 1.71. The van der Waals surface area contributed by atoms with Crippen molar-refractivity contribution in [3.8, 4) is 0 Å². The summed E-state index contributed by atoms with van der Waals surface area (Å²) >= 11 is 0. The summed E-state index contributed by atoms with van der Waals surface area (Å²) in [5.74, 6) is 0. The number of hydrogen-bond acceptors (Lipinski definition) is 5. The van der Waals surface area contributed by atoms with Gasteiger partial charge in [0.05, 0.1) is 17.1 Å². The van der Waals surface area contributed by atoms with Crippen molar-refractivity contribution >= 4 is 21.4 Å². The molecule has 0 fully saturated rings. The second kappa shape index (κ2) is 5.71. The number of pyridine rings is 1. The van der Waals surface area contributed by atoms with Crippen LogP contribution in [0, 0.1) is 6.92 Å². The van der Waals surface area contributed by atoms with Gasteiger partial charge in [-0.3, -0.25) is 4.98 Å². The minimum atomic E-state index is -3.81. The molecule has 0 atom stereocenters. The highest BCUT2D eigenvalue weighted by atomic mass is 32.2. The lowest BCUT2D eigenvalue weighted by molar-refractivity contribution is 0.597. The van der Waals surface area contributed by atoms with Crippen molar-refractivity contribution in [3.63, 3.8) is 0 Å². The van der Waals surface area contributed by atoms with Gasteiger partial charge >= 0.3 is 0 Å². The maximum Gasteiger partial charge on any atom is 0.238 e. The summed E-state index contributed by atoms with van der Waals surface area (Å²) in [6, 6.07) is 8.75. The van der Waals surface area contributed by atoms with E-state index in [4.69, 9.17) is 10.9 Å². The molecule has 0 aliphatic rings. The molecule has 0 aliphatic heterocycles. The molecule has 2 aromatic rings. The van der Waals surface area contributed by atoms with Gasteiger partial charge in [-0.05, 0) is 36.8 Å². The smallest absolute Gasteiger partial charge is 0.238 e. The van der Waals surface area contributed by atoms with Crippen molar-refractivity contribution in [1.29, 1.82) is 0 Å². The molecule has 0 saturated carbocycles. The van der Waals surface area contributed by atoms with Crippen LogP contribution in [-0.4, -0.2) is 20.4 Å². The van der Waals surface area contributed by atoms with Crippen LogP contribution in [0.3, 0.4) is 0 Å². The summed E-state index contributed by atoms with van der Waals surface area (Å²) in [5.41, 5.74) is 8.31. The van der Waals surface area contributed by atoms with E-state index in [-0.39, 0.29) is 4.90 Å². The predicted octanol–water partition coefficient (Wildman–Crippen LogP) is 1.26. The molecule has 112 valence electrons. The van der Waals surface area contributed by atoms with Crippen molar-refractivity contribution in [2.24, 2.45) is 5.14 Å². The lowest BCUT2D eigenvalue weighted by atomic mass is 10.1. The number of nitrogen functional groups attached to an aromatic ring is 1. The maximum absolute atomic E-state index is 11.6. The minimum Gasteiger partial charge on any atom is -0.399 e. The molecule has 21 heavy (non-hydrogen) atoms. The predicted molar refractivity (Wildman–Crippen MR) is 83.3 cm³/mol. The Morgan fingerprint density at radius 3 is 2.57 bits per heavy atom. The number of primary sulfonamides is 1. The molecule has 1 aromatic heterocycles. The van der Waals surface area contributed by atoms with Gasteiger partial charge in [-0.2, -0.15) is 0 Å². The third kappa shape index (κ3) is 3.50. The van der Waals surface area contributed by atoms with Gasteiger partial charge in [-0.1, -0.05) is 6.07 Å². The molecule has 6 nitrogen and oxygen atoms in total. The Labute approximate surface area is 124 Å². The zero-order chi connectivity index (χ0) is 15.6. The number of nitrogens with two attached hydrogens (primary N) is 2. The van der Waals surface area contributed by atoms with Crippen molar-refractivity contribution in [2.75, 3.05) is 17.7 Å². The van der Waals surface area contributed by atoms with E-state index in [0.717, 1.165) is 5.69 Å². The number of benzene rings is 1. The zero-order valence-corrected chi connectivity index (χ0v) is 12.8. The molecule has 0 aliphatic carbocycles. The molecule has 7 heteroatoms. The first-order valence-corrected chi connectivity index (χ1v) is 7.87. The Kier molecular flexibility index (Phi) is 4.15. The van der Waals surface area contributed by atoms with Crippen LogP contribution in [0.5, 0.6) is 0 Å². The molecule has 1 heterocycles. The molecular weight excluding hydrogens is 288 g/mol. The van der Waals surface area contributed by atoms with E-state index in [1.165, 1.54) is 6.07 Å². The van der Waals surface area contributed by atoms with E-state index in [0.29, 0.717) is 23.5 Å². The van der Waals surface area contributed by atoms with Crippen LogP contribution in [0.15, 0.2) is 41.4 Å². The van der Waals surface area contributed by atoms with Crippen LogP contribution in [0.1, 0.15) is 11.3 Å². The van der Waals surface area contributed by atoms with Crippen molar-refractivity contribution in [1.82, 2.24) is 4.98 Å². The van der Waals surface area contributed by atoms with Crippen molar-refractivity contribution in [3.05, 3.63) is 47.8 Å². The number of nitrogens with zero attached hydrogens (tertiary/aromatic N) is 2. The third-order valence-electron chi connectivity index (χ3n) is 3.20. The van der Waals surface area contributed by atoms with Gasteiger partial charge in [0.15, 0.2) is 0 Å². The molecule has 0 spiro atoms. The maximum atomic E-state index is 11.6. The molecule has 0 radical (unpaired) electrons. The molecule has 4 N–H and O–H groups in total. The fraction of sp³-hybridized carbons (Fsp3) is 0.214. The van der Waals surface area contributed by atoms with Gasteiger partial charge in [-0.25, -0.2) is 13.6 Å². The van der Waals surface area contributed by atoms with Crippen LogP contribution in [0.2, 0.25) is 0 Å². The summed E-state index contributed by atoms with van der Waals surface area (Å²) < 4.78 is 23.3. The fourth-order valence-corrected chi connectivity index (χ4v) is 3.04. The Morgan fingerprint density at radius 1 is 1.29 bits per heavy atom. The lowest BCUT2D eigenvalue weighted by Gasteiger charge is -2.23. The standard InChI is InChI=1S/C14H18N4O2S/c1-10-13(7-11(15)8-14(10)21(16,19)20)18(2)9-12-5-3-4-6-17-12/h3-8H,9,15H2,1-2H3,(H2,16,19,20). The summed E-state index contributed by atoms with van der Waals surface area (Å²) in [5, 5.41) is 5.23. The fourth-order valence-electron chi connectivity index (χ4n) is 2.21. The van der Waals surface area contributed by atoms with Crippen molar-refractivity contribution < 1.29 is 8.42 Å². The number of anilines is 2. The second-order valence-corrected chi connectivity index (χ2v) is 6.42. The SMILES string of the molecule is Cc1c(N(C)Cc2ccccn2)cc(N)cc1S(N)(=O)=O. The zero-order valence-electron chi connectivity index (χ0n) is 11.9. The third-order valence-corrected chi connectivity index (χ3v) is 4.24.